The van der Waals surface area contributed by atoms with E-state index in [1.807, 2.05) is 0 Å². The minimum atomic E-state index is 0.797. The molecule has 0 unspecified atom stereocenters. The molecule has 16 heavy (non-hydrogen) atoms. The third-order valence-corrected chi connectivity index (χ3v) is 3.29. The van der Waals surface area contributed by atoms with Crippen molar-refractivity contribution in [3.63, 3.8) is 0 Å². The van der Waals surface area contributed by atoms with E-state index < -0.39 is 0 Å². The summed E-state index contributed by atoms with van der Waals surface area (Å²) in [5, 5.41) is 3.56. The maximum atomic E-state index is 3.56. The van der Waals surface area contributed by atoms with Gasteiger partial charge in [0.2, 0.25) is 0 Å². The molecule has 2 rings (SSSR count). The summed E-state index contributed by atoms with van der Waals surface area (Å²) in [5.41, 5.74) is 3.09. The molecule has 1 saturated carbocycles. The fourth-order valence-corrected chi connectivity index (χ4v) is 2.10. The molecule has 1 N–H and O–H groups in total. The molecule has 0 spiro atoms. The molecule has 1 aromatic rings. The number of hydrogen-bond donors (Lipinski definition) is 1. The van der Waals surface area contributed by atoms with Crippen LogP contribution in [0.25, 0.3) is 0 Å². The maximum absolute atomic E-state index is 3.56. The fourth-order valence-electron chi connectivity index (χ4n) is 2.10. The third-order valence-electron chi connectivity index (χ3n) is 3.29. The lowest BCUT2D eigenvalue weighted by Crippen LogP contribution is -2.17. The molecule has 1 nitrogen and oxygen atoms in total. The van der Waals surface area contributed by atoms with Crippen LogP contribution in [0.1, 0.15) is 50.2 Å². The zero-order chi connectivity index (χ0) is 11.4. The van der Waals surface area contributed by atoms with E-state index in [1.54, 1.807) is 5.56 Å². The molecule has 1 fully saturated rings. The van der Waals surface area contributed by atoms with E-state index in [2.05, 4.69) is 43.4 Å². The average molecular weight is 217 g/mol. The van der Waals surface area contributed by atoms with Crippen molar-refractivity contribution in [2.24, 2.45) is 5.92 Å². The van der Waals surface area contributed by atoms with Crippen LogP contribution >= 0.6 is 0 Å². The van der Waals surface area contributed by atoms with Crippen LogP contribution in [0.5, 0.6) is 0 Å². The third kappa shape index (κ3) is 3.34. The largest absolute Gasteiger partial charge is 0.313 e. The van der Waals surface area contributed by atoms with Gasteiger partial charge in [0.05, 0.1) is 0 Å². The van der Waals surface area contributed by atoms with Crippen LogP contribution in [0.15, 0.2) is 24.3 Å². The zero-order valence-corrected chi connectivity index (χ0v) is 10.5. The molecule has 0 aliphatic heterocycles. The first kappa shape index (κ1) is 11.7. The Bertz CT molecular complexity index is 326. The van der Waals surface area contributed by atoms with E-state index in [0.717, 1.165) is 24.9 Å². The lowest BCUT2D eigenvalue weighted by molar-refractivity contribution is 0.537. The fraction of sp³-hybridized carbons (Fsp3) is 0.600. The van der Waals surface area contributed by atoms with Gasteiger partial charge in [-0.15, -0.1) is 0 Å². The number of benzene rings is 1. The van der Waals surface area contributed by atoms with Crippen LogP contribution in [-0.2, 0) is 6.54 Å². The molecule has 88 valence electrons. The van der Waals surface area contributed by atoms with Crippen LogP contribution < -0.4 is 5.32 Å². The smallest absolute Gasteiger partial charge is 0.0208 e. The Kier molecular flexibility index (Phi) is 4.00. The van der Waals surface area contributed by atoms with Gasteiger partial charge in [0.25, 0.3) is 0 Å². The van der Waals surface area contributed by atoms with Crippen LogP contribution in [0.4, 0.5) is 0 Å². The van der Waals surface area contributed by atoms with Crippen molar-refractivity contribution >= 4 is 0 Å². The Balaban J connectivity index is 1.84. The molecule has 1 aromatic carbocycles. The lowest BCUT2D eigenvalue weighted by Gasteiger charge is -2.10. The first-order valence-electron chi connectivity index (χ1n) is 6.56. The topological polar surface area (TPSA) is 12.0 Å². The monoisotopic (exact) mass is 217 g/mol. The SMILES string of the molecule is CC(C)CCNCc1ccccc1C1CC1. The normalized spacial score (nSPS) is 15.7. The number of hydrogen-bond acceptors (Lipinski definition) is 1. The highest BCUT2D eigenvalue weighted by atomic mass is 14.8. The Morgan fingerprint density at radius 2 is 2.00 bits per heavy atom. The molecular weight excluding hydrogens is 194 g/mol. The minimum Gasteiger partial charge on any atom is -0.313 e. The Morgan fingerprint density at radius 1 is 1.25 bits per heavy atom. The molecular formula is C15H23N. The highest BCUT2D eigenvalue weighted by Gasteiger charge is 2.25. The Labute approximate surface area is 99.3 Å². The standard InChI is InChI=1S/C15H23N/c1-12(2)9-10-16-11-14-5-3-4-6-15(14)13-7-8-13/h3-6,12-13,16H,7-11H2,1-2H3. The summed E-state index contributed by atoms with van der Waals surface area (Å²) in [6, 6.07) is 8.91. The van der Waals surface area contributed by atoms with Crippen LogP contribution in [0, 0.1) is 5.92 Å². The van der Waals surface area contributed by atoms with Crippen molar-refractivity contribution in [1.82, 2.24) is 5.32 Å². The molecule has 0 heterocycles. The molecule has 0 radical (unpaired) electrons. The van der Waals surface area contributed by atoms with Gasteiger partial charge in [-0.1, -0.05) is 38.1 Å². The van der Waals surface area contributed by atoms with Crippen molar-refractivity contribution in [2.45, 2.75) is 45.6 Å². The molecule has 1 heteroatoms. The first-order valence-corrected chi connectivity index (χ1v) is 6.56. The zero-order valence-electron chi connectivity index (χ0n) is 10.5. The number of rotatable bonds is 6. The van der Waals surface area contributed by atoms with Crippen molar-refractivity contribution in [3.8, 4) is 0 Å². The van der Waals surface area contributed by atoms with Crippen LogP contribution in [-0.4, -0.2) is 6.54 Å². The summed E-state index contributed by atoms with van der Waals surface area (Å²) in [6.07, 6.45) is 4.05. The summed E-state index contributed by atoms with van der Waals surface area (Å²) < 4.78 is 0. The first-order chi connectivity index (χ1) is 7.77. The van der Waals surface area contributed by atoms with Gasteiger partial charge in [-0.3, -0.25) is 0 Å². The van der Waals surface area contributed by atoms with Gasteiger partial charge in [0.15, 0.2) is 0 Å². The van der Waals surface area contributed by atoms with E-state index in [0.29, 0.717) is 0 Å². The quantitative estimate of drug-likeness (QED) is 0.716. The Morgan fingerprint density at radius 3 is 2.69 bits per heavy atom. The van der Waals surface area contributed by atoms with Crippen molar-refractivity contribution < 1.29 is 0 Å². The Hall–Kier alpha value is -0.820. The second-order valence-electron chi connectivity index (χ2n) is 5.33. The van der Waals surface area contributed by atoms with E-state index in [9.17, 15) is 0 Å². The van der Waals surface area contributed by atoms with Crippen molar-refractivity contribution in [1.29, 1.82) is 0 Å². The maximum Gasteiger partial charge on any atom is 0.0208 e. The highest BCUT2D eigenvalue weighted by molar-refractivity contribution is 5.33. The predicted molar refractivity (Wildman–Crippen MR) is 69.6 cm³/mol. The van der Waals surface area contributed by atoms with Gasteiger partial charge in [0.1, 0.15) is 0 Å². The summed E-state index contributed by atoms with van der Waals surface area (Å²) in [4.78, 5) is 0. The number of nitrogens with one attached hydrogen (secondary N) is 1. The van der Waals surface area contributed by atoms with Gasteiger partial charge in [-0.05, 0) is 48.8 Å². The molecule has 0 aromatic heterocycles. The predicted octanol–water partition coefficient (Wildman–Crippen LogP) is 3.70. The van der Waals surface area contributed by atoms with E-state index in [4.69, 9.17) is 0 Å². The minimum absolute atomic E-state index is 0.797. The molecule has 0 atom stereocenters. The summed E-state index contributed by atoms with van der Waals surface area (Å²) in [7, 11) is 0. The van der Waals surface area contributed by atoms with Gasteiger partial charge in [-0.25, -0.2) is 0 Å². The van der Waals surface area contributed by atoms with Gasteiger partial charge >= 0.3 is 0 Å². The van der Waals surface area contributed by atoms with Crippen LogP contribution in [0.2, 0.25) is 0 Å². The summed E-state index contributed by atoms with van der Waals surface area (Å²) in [5.74, 6) is 1.66. The summed E-state index contributed by atoms with van der Waals surface area (Å²) in [6.45, 7) is 6.73. The molecule has 1 aliphatic rings. The van der Waals surface area contributed by atoms with E-state index >= 15 is 0 Å². The molecule has 0 bridgehead atoms. The molecule has 1 aliphatic carbocycles. The van der Waals surface area contributed by atoms with Gasteiger partial charge < -0.3 is 5.32 Å². The van der Waals surface area contributed by atoms with Crippen molar-refractivity contribution in [2.75, 3.05) is 6.54 Å². The lowest BCUT2D eigenvalue weighted by atomic mass is 10.0. The van der Waals surface area contributed by atoms with Gasteiger partial charge in [-0.2, -0.15) is 0 Å². The summed E-state index contributed by atoms with van der Waals surface area (Å²) >= 11 is 0. The molecule has 0 amide bonds. The van der Waals surface area contributed by atoms with E-state index in [1.165, 1.54) is 24.8 Å². The second kappa shape index (κ2) is 5.49. The van der Waals surface area contributed by atoms with Gasteiger partial charge in [0, 0.05) is 6.54 Å². The van der Waals surface area contributed by atoms with E-state index in [-0.39, 0.29) is 0 Å². The van der Waals surface area contributed by atoms with Crippen LogP contribution in [0.3, 0.4) is 0 Å². The second-order valence-corrected chi connectivity index (χ2v) is 5.33. The molecule has 0 saturated heterocycles. The average Bonchev–Trinajstić information content (AvgIpc) is 3.08. The van der Waals surface area contributed by atoms with Crippen molar-refractivity contribution in [3.05, 3.63) is 35.4 Å². The highest BCUT2D eigenvalue weighted by Crippen LogP contribution is 2.41.